The topological polar surface area (TPSA) is 95.6 Å². The van der Waals surface area contributed by atoms with E-state index < -0.39 is 0 Å². The molecule has 6 rings (SSSR count). The standard InChI is InChI=1S/C32H34N4O3/c1-7-20-16(3)24-11-19-10-15(2)23(33-19)13-25-17(4)21(8-9-29(38)39-6)31(35-25)22-12-28(37)30-18(5)26(36-32(22)30)14-27(20)34-24/h10-11,13-14,17,21,35,37H,7-9,12H2,1-6H3/t17-,21-/m0/s1. The summed E-state index contributed by atoms with van der Waals surface area (Å²) in [5.74, 6) is 0.295. The fraction of sp³-hybridized carbons (Fsp3) is 0.375. The Morgan fingerprint density at radius 1 is 1.08 bits per heavy atom. The molecular formula is C32H34N4O3. The number of hydrogen-bond acceptors (Lipinski definition) is 7. The molecule has 2 N–H and O–H groups in total. The van der Waals surface area contributed by atoms with E-state index in [1.807, 2.05) is 6.92 Å². The van der Waals surface area contributed by atoms with Gasteiger partial charge >= 0.3 is 5.97 Å². The van der Waals surface area contributed by atoms with Gasteiger partial charge < -0.3 is 15.2 Å². The number of esters is 1. The molecule has 200 valence electrons. The third-order valence-corrected chi connectivity index (χ3v) is 8.71. The predicted octanol–water partition coefficient (Wildman–Crippen LogP) is 6.24. The van der Waals surface area contributed by atoms with E-state index in [4.69, 9.17) is 19.7 Å². The lowest BCUT2D eigenvalue weighted by molar-refractivity contribution is -0.140. The highest BCUT2D eigenvalue weighted by molar-refractivity contribution is 6.21. The maximum Gasteiger partial charge on any atom is 0.305 e. The van der Waals surface area contributed by atoms with Gasteiger partial charge in [0.1, 0.15) is 5.76 Å². The van der Waals surface area contributed by atoms with Gasteiger partial charge in [0.25, 0.3) is 0 Å². The van der Waals surface area contributed by atoms with Gasteiger partial charge in [-0.1, -0.05) is 13.8 Å². The van der Waals surface area contributed by atoms with Crippen LogP contribution in [0.3, 0.4) is 0 Å². The zero-order valence-electron chi connectivity index (χ0n) is 23.4. The molecule has 5 heterocycles. The maximum atomic E-state index is 12.1. The number of aliphatic hydroxyl groups is 1. The smallest absolute Gasteiger partial charge is 0.305 e. The number of hydrogen-bond donors (Lipinski definition) is 2. The van der Waals surface area contributed by atoms with Crippen LogP contribution >= 0.6 is 0 Å². The molecule has 6 aliphatic rings. The number of rotatable bonds is 4. The molecule has 0 saturated carbocycles. The summed E-state index contributed by atoms with van der Waals surface area (Å²) in [5.41, 5.74) is 13.6. The first kappa shape index (κ1) is 25.3. The van der Waals surface area contributed by atoms with E-state index >= 15 is 0 Å². The van der Waals surface area contributed by atoms with Crippen LogP contribution in [0.25, 0.3) is 0 Å². The first-order valence-electron chi connectivity index (χ1n) is 13.7. The number of fused-ring (bicyclic) bond motifs is 5. The third kappa shape index (κ3) is 4.03. The van der Waals surface area contributed by atoms with Gasteiger partial charge in [-0.15, -0.1) is 0 Å². The minimum atomic E-state index is -0.222. The molecule has 0 aromatic carbocycles. The van der Waals surface area contributed by atoms with Gasteiger partial charge in [0, 0.05) is 47.2 Å². The van der Waals surface area contributed by atoms with Crippen molar-refractivity contribution in [3.63, 3.8) is 0 Å². The molecule has 0 aromatic rings. The Morgan fingerprint density at radius 2 is 1.87 bits per heavy atom. The van der Waals surface area contributed by atoms with Crippen molar-refractivity contribution in [2.75, 3.05) is 7.11 Å². The molecule has 7 nitrogen and oxygen atoms in total. The van der Waals surface area contributed by atoms with Gasteiger partial charge in [0.05, 0.1) is 41.3 Å². The van der Waals surface area contributed by atoms with Crippen LogP contribution in [-0.2, 0) is 9.53 Å². The highest BCUT2D eigenvalue weighted by atomic mass is 16.5. The fourth-order valence-corrected chi connectivity index (χ4v) is 6.43. The van der Waals surface area contributed by atoms with E-state index in [-0.39, 0.29) is 17.8 Å². The summed E-state index contributed by atoms with van der Waals surface area (Å²) in [5, 5.41) is 14.8. The predicted molar refractivity (Wildman–Crippen MR) is 154 cm³/mol. The quantitative estimate of drug-likeness (QED) is 0.427. The average molecular weight is 523 g/mol. The van der Waals surface area contributed by atoms with Crippen molar-refractivity contribution in [2.24, 2.45) is 26.8 Å². The van der Waals surface area contributed by atoms with E-state index in [2.05, 4.69) is 57.3 Å². The lowest BCUT2D eigenvalue weighted by atomic mass is 9.86. The first-order chi connectivity index (χ1) is 18.7. The molecular weight excluding hydrogens is 488 g/mol. The summed E-state index contributed by atoms with van der Waals surface area (Å²) in [7, 11) is 1.43. The molecule has 0 spiro atoms. The number of nitrogens with zero attached hydrogens (tertiary/aromatic N) is 3. The molecule has 0 aromatic heterocycles. The number of carbonyl (C=O) groups is 1. The Morgan fingerprint density at radius 3 is 2.62 bits per heavy atom. The van der Waals surface area contributed by atoms with Crippen molar-refractivity contribution in [1.82, 2.24) is 5.32 Å². The Kier molecular flexibility index (Phi) is 6.05. The second kappa shape index (κ2) is 9.33. The third-order valence-electron chi connectivity index (χ3n) is 8.71. The van der Waals surface area contributed by atoms with Crippen LogP contribution in [0.15, 0.2) is 107 Å². The van der Waals surface area contributed by atoms with Crippen LogP contribution in [0.1, 0.15) is 60.3 Å². The van der Waals surface area contributed by atoms with Crippen molar-refractivity contribution in [3.05, 3.63) is 92.0 Å². The van der Waals surface area contributed by atoms with Crippen molar-refractivity contribution >= 4 is 23.1 Å². The molecule has 0 unspecified atom stereocenters. The van der Waals surface area contributed by atoms with Crippen LogP contribution in [0.4, 0.5) is 0 Å². The molecule has 8 bridgehead atoms. The normalized spacial score (nSPS) is 25.4. The monoisotopic (exact) mass is 522 g/mol. The Bertz CT molecular complexity index is 1580. The molecule has 0 amide bonds. The van der Waals surface area contributed by atoms with E-state index in [1.165, 1.54) is 12.7 Å². The number of aliphatic imine (C=N–C) groups is 3. The van der Waals surface area contributed by atoms with E-state index in [9.17, 15) is 9.90 Å². The number of nitrogens with one attached hydrogen (secondary N) is 1. The fourth-order valence-electron chi connectivity index (χ4n) is 6.43. The molecule has 1 aliphatic carbocycles. The van der Waals surface area contributed by atoms with Gasteiger partial charge in [0.15, 0.2) is 0 Å². The zero-order valence-corrected chi connectivity index (χ0v) is 23.4. The maximum absolute atomic E-state index is 12.1. The Balaban J connectivity index is 1.57. The Hall–Kier alpha value is -4.00. The van der Waals surface area contributed by atoms with Crippen molar-refractivity contribution < 1.29 is 14.6 Å². The van der Waals surface area contributed by atoms with Gasteiger partial charge in [0.2, 0.25) is 0 Å². The molecule has 1 fully saturated rings. The minimum absolute atomic E-state index is 0.0544. The largest absolute Gasteiger partial charge is 0.511 e. The SMILES string of the molecule is CCC1=C(C)C2=NC1=CC1=C(C)C3=C(O)CC(=C4NC(=CC5=NC(=C2)C=C5C)[C@@H](C)[C@@H]4CCC(=O)OC)C3=N1. The number of allylic oxidation sites excluding steroid dienone is 12. The number of methoxy groups -OCH3 is 1. The van der Waals surface area contributed by atoms with Crippen LogP contribution in [0, 0.1) is 11.8 Å². The van der Waals surface area contributed by atoms with Crippen LogP contribution in [0.5, 0.6) is 0 Å². The summed E-state index contributed by atoms with van der Waals surface area (Å²) in [6.45, 7) is 10.5. The molecule has 0 radical (unpaired) electrons. The molecule has 39 heavy (non-hydrogen) atoms. The molecule has 1 saturated heterocycles. The van der Waals surface area contributed by atoms with Gasteiger partial charge in [-0.25, -0.2) is 15.0 Å². The van der Waals surface area contributed by atoms with Gasteiger partial charge in [-0.2, -0.15) is 0 Å². The average Bonchev–Trinajstić information content (AvgIpc) is 3.66. The highest BCUT2D eigenvalue weighted by Crippen LogP contribution is 2.46. The Labute approximate surface area is 229 Å². The molecule has 5 aliphatic heterocycles. The van der Waals surface area contributed by atoms with Crippen LogP contribution in [-0.4, -0.2) is 35.3 Å². The lowest BCUT2D eigenvalue weighted by Crippen LogP contribution is -2.16. The van der Waals surface area contributed by atoms with Crippen molar-refractivity contribution in [1.29, 1.82) is 0 Å². The number of aliphatic hydroxyl groups excluding tert-OH is 1. The molecule has 7 heteroatoms. The van der Waals surface area contributed by atoms with E-state index in [0.717, 1.165) is 79.9 Å². The number of carbonyl (C=O) groups excluding carboxylic acids is 1. The van der Waals surface area contributed by atoms with Crippen LogP contribution < -0.4 is 5.32 Å². The second-order valence-corrected chi connectivity index (χ2v) is 11.0. The van der Waals surface area contributed by atoms with E-state index in [0.29, 0.717) is 25.0 Å². The molecule has 2 atom stereocenters. The van der Waals surface area contributed by atoms with Crippen molar-refractivity contribution in [2.45, 2.75) is 60.3 Å². The lowest BCUT2D eigenvalue weighted by Gasteiger charge is -2.17. The minimum Gasteiger partial charge on any atom is -0.511 e. The first-order valence-corrected chi connectivity index (χ1v) is 13.7. The summed E-state index contributed by atoms with van der Waals surface area (Å²) in [6.07, 6.45) is 10.6. The summed E-state index contributed by atoms with van der Waals surface area (Å²) in [4.78, 5) is 27.1. The second-order valence-electron chi connectivity index (χ2n) is 11.0. The highest BCUT2D eigenvalue weighted by Gasteiger charge is 2.41. The summed E-state index contributed by atoms with van der Waals surface area (Å²) >= 11 is 0. The summed E-state index contributed by atoms with van der Waals surface area (Å²) in [6, 6.07) is 0. The summed E-state index contributed by atoms with van der Waals surface area (Å²) < 4.78 is 4.95. The van der Waals surface area contributed by atoms with E-state index in [1.54, 1.807) is 0 Å². The van der Waals surface area contributed by atoms with Gasteiger partial charge in [-0.05, 0) is 80.2 Å². The van der Waals surface area contributed by atoms with Crippen molar-refractivity contribution in [3.8, 4) is 0 Å². The van der Waals surface area contributed by atoms with Crippen LogP contribution in [0.2, 0.25) is 0 Å². The number of ether oxygens (including phenoxy) is 1. The van der Waals surface area contributed by atoms with Gasteiger partial charge in [-0.3, -0.25) is 4.79 Å². The zero-order chi connectivity index (χ0) is 27.6.